The fraction of sp³-hybridized carbons (Fsp3) is 0.433. The van der Waals surface area contributed by atoms with Gasteiger partial charge in [-0.05, 0) is 73.8 Å². The first kappa shape index (κ1) is 26.2. The Bertz CT molecular complexity index is 1140. The van der Waals surface area contributed by atoms with Crippen molar-refractivity contribution in [1.29, 1.82) is 5.26 Å². The maximum atomic E-state index is 13.9. The highest BCUT2D eigenvalue weighted by atomic mass is 19.4. The average Bonchev–Trinajstić information content (AvgIpc) is 2.88. The molecule has 0 N–H and O–H groups in total. The molecular formula is C30H33F3N2O. The first-order chi connectivity index (χ1) is 17.2. The van der Waals surface area contributed by atoms with Crippen LogP contribution in [0.4, 0.5) is 13.2 Å². The number of likely N-dealkylation sites (tertiary alicyclic amines) is 1. The van der Waals surface area contributed by atoms with E-state index < -0.39 is 17.2 Å². The number of ether oxygens (including phenoxy) is 1. The summed E-state index contributed by atoms with van der Waals surface area (Å²) in [6, 6.07) is 19.1. The number of nitrogens with zero attached hydrogens (tertiary/aromatic N) is 2. The topological polar surface area (TPSA) is 36.3 Å². The highest BCUT2D eigenvalue weighted by molar-refractivity contribution is 5.71. The molecule has 0 bridgehead atoms. The van der Waals surface area contributed by atoms with E-state index in [1.54, 1.807) is 24.3 Å². The molecule has 1 heterocycles. The number of hydrogen-bond acceptors (Lipinski definition) is 3. The van der Waals surface area contributed by atoms with Crippen molar-refractivity contribution in [2.24, 2.45) is 5.41 Å². The molecule has 0 radical (unpaired) electrons. The highest BCUT2D eigenvalue weighted by Gasteiger charge is 2.40. The first-order valence-electron chi connectivity index (χ1n) is 12.5. The molecule has 2 aliphatic rings. The zero-order chi connectivity index (χ0) is 25.8. The molecule has 3 nitrogen and oxygen atoms in total. The van der Waals surface area contributed by atoms with Crippen molar-refractivity contribution in [3.63, 3.8) is 0 Å². The Morgan fingerprint density at radius 3 is 2.25 bits per heavy atom. The van der Waals surface area contributed by atoms with Crippen LogP contribution in [0.1, 0.15) is 49.8 Å². The Labute approximate surface area is 211 Å². The highest BCUT2D eigenvalue weighted by Crippen LogP contribution is 2.44. The van der Waals surface area contributed by atoms with Crippen LogP contribution in [0, 0.1) is 16.7 Å². The first-order valence-corrected chi connectivity index (χ1v) is 12.5. The Kier molecular flexibility index (Phi) is 7.73. The van der Waals surface area contributed by atoms with Gasteiger partial charge in [-0.1, -0.05) is 62.4 Å². The number of allylic oxidation sites excluding steroid dienone is 3. The van der Waals surface area contributed by atoms with Crippen LogP contribution in [-0.4, -0.2) is 43.9 Å². The summed E-state index contributed by atoms with van der Waals surface area (Å²) in [5, 5.41) is 9.07. The van der Waals surface area contributed by atoms with E-state index in [0.717, 1.165) is 32.5 Å². The molecule has 2 aromatic carbocycles. The van der Waals surface area contributed by atoms with E-state index in [9.17, 15) is 13.2 Å². The number of nitriles is 1. The lowest BCUT2D eigenvalue weighted by Gasteiger charge is -2.42. The Morgan fingerprint density at radius 1 is 1.00 bits per heavy atom. The van der Waals surface area contributed by atoms with Crippen molar-refractivity contribution in [3.8, 4) is 6.07 Å². The molecule has 1 atom stereocenters. The lowest BCUT2D eigenvalue weighted by atomic mass is 9.73. The summed E-state index contributed by atoms with van der Waals surface area (Å²) in [5.41, 5.74) is 1.43. The second-order valence-electron chi connectivity index (χ2n) is 10.4. The van der Waals surface area contributed by atoms with Crippen LogP contribution < -0.4 is 0 Å². The van der Waals surface area contributed by atoms with E-state index in [0.29, 0.717) is 29.7 Å². The molecule has 2 aromatic rings. The molecule has 1 aliphatic heterocycles. The molecule has 0 saturated carbocycles. The van der Waals surface area contributed by atoms with Crippen molar-refractivity contribution in [1.82, 2.24) is 4.90 Å². The van der Waals surface area contributed by atoms with Crippen LogP contribution in [0.5, 0.6) is 0 Å². The maximum absolute atomic E-state index is 13.9. The largest absolute Gasteiger partial charge is 0.416 e. The fourth-order valence-electron chi connectivity index (χ4n) is 5.43. The Hall–Kier alpha value is -2.88. The smallest absolute Gasteiger partial charge is 0.380 e. The predicted molar refractivity (Wildman–Crippen MR) is 136 cm³/mol. The molecule has 0 spiro atoms. The number of piperidine rings is 1. The van der Waals surface area contributed by atoms with E-state index in [-0.39, 0.29) is 12.0 Å². The van der Waals surface area contributed by atoms with E-state index in [1.165, 1.54) is 17.7 Å². The van der Waals surface area contributed by atoms with Gasteiger partial charge in [-0.3, -0.25) is 0 Å². The van der Waals surface area contributed by atoms with Gasteiger partial charge >= 0.3 is 6.18 Å². The van der Waals surface area contributed by atoms with Gasteiger partial charge in [0.15, 0.2) is 0 Å². The van der Waals surface area contributed by atoms with Gasteiger partial charge in [0, 0.05) is 10.8 Å². The maximum Gasteiger partial charge on any atom is 0.416 e. The number of rotatable bonds is 7. The summed E-state index contributed by atoms with van der Waals surface area (Å²) in [6.07, 6.45) is 0.464. The quantitative estimate of drug-likeness (QED) is 0.420. The molecular weight excluding hydrogens is 461 g/mol. The van der Waals surface area contributed by atoms with Gasteiger partial charge in [0.1, 0.15) is 0 Å². The summed E-state index contributed by atoms with van der Waals surface area (Å²) < 4.78 is 47.9. The third kappa shape index (κ3) is 5.91. The molecule has 1 saturated heterocycles. The minimum atomic E-state index is -4.45. The van der Waals surface area contributed by atoms with Gasteiger partial charge in [-0.2, -0.15) is 18.4 Å². The van der Waals surface area contributed by atoms with Gasteiger partial charge in [-0.15, -0.1) is 0 Å². The molecule has 1 fully saturated rings. The zero-order valence-corrected chi connectivity index (χ0v) is 20.9. The summed E-state index contributed by atoms with van der Waals surface area (Å²) >= 11 is 0. The van der Waals surface area contributed by atoms with E-state index in [2.05, 4.69) is 30.0 Å². The molecule has 6 heteroatoms. The lowest BCUT2D eigenvalue weighted by molar-refractivity contribution is -0.0898. The molecule has 4 rings (SSSR count). The van der Waals surface area contributed by atoms with Crippen molar-refractivity contribution < 1.29 is 17.9 Å². The van der Waals surface area contributed by atoms with Gasteiger partial charge < -0.3 is 9.64 Å². The summed E-state index contributed by atoms with van der Waals surface area (Å²) in [4.78, 5) is 2.43. The minimum absolute atomic E-state index is 0.139. The number of hydrogen-bond donors (Lipinski definition) is 0. The van der Waals surface area contributed by atoms with Gasteiger partial charge in [0.2, 0.25) is 0 Å². The van der Waals surface area contributed by atoms with Crippen LogP contribution in [0.25, 0.3) is 5.57 Å². The zero-order valence-electron chi connectivity index (χ0n) is 20.9. The van der Waals surface area contributed by atoms with Crippen LogP contribution in [-0.2, 0) is 10.2 Å². The Morgan fingerprint density at radius 2 is 1.67 bits per heavy atom. The lowest BCUT2D eigenvalue weighted by Crippen LogP contribution is -2.45. The SMILES string of the molecule is CCN1CCC(COCC2(C)C=C(C(F)(F)F)C=C(c3ccc(C#N)cc3)C2)(c2ccccc2)CC1. The normalized spacial score (nSPS) is 22.4. The number of benzene rings is 2. The molecule has 0 amide bonds. The summed E-state index contributed by atoms with van der Waals surface area (Å²) in [7, 11) is 0. The number of alkyl halides is 3. The molecule has 1 unspecified atom stereocenters. The molecule has 0 aromatic heterocycles. The van der Waals surface area contributed by atoms with Crippen LogP contribution in [0.15, 0.2) is 72.3 Å². The second-order valence-corrected chi connectivity index (χ2v) is 10.4. The van der Waals surface area contributed by atoms with Crippen molar-refractivity contribution in [3.05, 3.63) is 89.0 Å². The van der Waals surface area contributed by atoms with E-state index in [1.807, 2.05) is 25.1 Å². The van der Waals surface area contributed by atoms with E-state index >= 15 is 0 Å². The van der Waals surface area contributed by atoms with Gasteiger partial charge in [0.25, 0.3) is 0 Å². The van der Waals surface area contributed by atoms with Crippen LogP contribution in [0.2, 0.25) is 0 Å². The third-order valence-corrected chi connectivity index (χ3v) is 7.60. The number of halogens is 3. The second kappa shape index (κ2) is 10.6. The Balaban J connectivity index is 1.54. The van der Waals surface area contributed by atoms with Gasteiger partial charge in [0.05, 0.1) is 30.4 Å². The fourth-order valence-corrected chi connectivity index (χ4v) is 5.43. The standard InChI is InChI=1S/C30H33F3N2O/c1-3-35-15-13-29(14-16-35,26-7-5-4-6-8-26)22-36-21-28(2)18-25(17-27(19-28)30(31,32)33)24-11-9-23(20-34)10-12-24/h4-12,17,19H,3,13-16,18,21-22H2,1-2H3. The van der Waals surface area contributed by atoms with Crippen LogP contribution >= 0.6 is 0 Å². The van der Waals surface area contributed by atoms with Crippen molar-refractivity contribution in [2.45, 2.75) is 44.7 Å². The van der Waals surface area contributed by atoms with Crippen LogP contribution in [0.3, 0.4) is 0 Å². The van der Waals surface area contributed by atoms with E-state index in [4.69, 9.17) is 10.00 Å². The molecule has 190 valence electrons. The average molecular weight is 495 g/mol. The van der Waals surface area contributed by atoms with Crippen molar-refractivity contribution in [2.75, 3.05) is 32.8 Å². The molecule has 36 heavy (non-hydrogen) atoms. The summed E-state index contributed by atoms with van der Waals surface area (Å²) in [5.74, 6) is 0. The molecule has 1 aliphatic carbocycles. The third-order valence-electron chi connectivity index (χ3n) is 7.60. The minimum Gasteiger partial charge on any atom is -0.380 e. The van der Waals surface area contributed by atoms with Gasteiger partial charge in [-0.25, -0.2) is 0 Å². The monoisotopic (exact) mass is 494 g/mol. The summed E-state index contributed by atoms with van der Waals surface area (Å²) in [6.45, 7) is 7.66. The van der Waals surface area contributed by atoms with Crippen molar-refractivity contribution >= 4 is 5.57 Å². The predicted octanol–water partition coefficient (Wildman–Crippen LogP) is 6.91.